The highest BCUT2D eigenvalue weighted by Crippen LogP contribution is 2.26. The number of sulfonamides is 1. The zero-order chi connectivity index (χ0) is 15.8. The molecule has 0 aliphatic heterocycles. The molecule has 0 spiro atoms. The summed E-state index contributed by atoms with van der Waals surface area (Å²) in [6, 6.07) is 4.36. The van der Waals surface area contributed by atoms with Crippen LogP contribution < -0.4 is 5.73 Å². The maximum Gasteiger partial charge on any atom is 0.243 e. The number of hydrogen-bond donors (Lipinski definition) is 1. The molecule has 7 heteroatoms. The lowest BCUT2D eigenvalue weighted by Gasteiger charge is -2.19. The van der Waals surface area contributed by atoms with E-state index in [9.17, 15) is 12.8 Å². The second-order valence-corrected chi connectivity index (χ2v) is 7.93. The summed E-state index contributed by atoms with van der Waals surface area (Å²) in [6.07, 6.45) is 0. The molecule has 0 radical (unpaired) electrons. The third-order valence-electron chi connectivity index (χ3n) is 3.34. The Balaban J connectivity index is 2.40. The van der Waals surface area contributed by atoms with Crippen LogP contribution in [0.3, 0.4) is 0 Å². The normalized spacial score (nSPS) is 12.0. The number of nitrogens with zero attached hydrogens (tertiary/aromatic N) is 1. The Labute approximate surface area is 128 Å². The molecule has 0 aliphatic rings. The van der Waals surface area contributed by atoms with Crippen LogP contribution in [-0.4, -0.2) is 19.8 Å². The van der Waals surface area contributed by atoms with Crippen molar-refractivity contribution in [1.82, 2.24) is 4.31 Å². The van der Waals surface area contributed by atoms with E-state index < -0.39 is 15.8 Å². The zero-order valence-electron chi connectivity index (χ0n) is 12.1. The molecule has 0 amide bonds. The third-order valence-corrected chi connectivity index (χ3v) is 6.28. The van der Waals surface area contributed by atoms with Gasteiger partial charge in [-0.25, -0.2) is 12.8 Å². The van der Waals surface area contributed by atoms with Crippen molar-refractivity contribution in [3.63, 3.8) is 0 Å². The van der Waals surface area contributed by atoms with Crippen molar-refractivity contribution < 1.29 is 12.8 Å². The Bertz CT molecular complexity index is 769. The highest BCUT2D eigenvalue weighted by molar-refractivity contribution is 7.89. The molecule has 2 aromatic rings. The first kappa shape index (κ1) is 15.9. The summed E-state index contributed by atoms with van der Waals surface area (Å²) in [4.78, 5) is 0.875. The number of benzene rings is 1. The predicted molar refractivity (Wildman–Crippen MR) is 83.3 cm³/mol. The summed E-state index contributed by atoms with van der Waals surface area (Å²) < 4.78 is 40.1. The molecule has 0 aliphatic carbocycles. The summed E-state index contributed by atoms with van der Waals surface area (Å²) >= 11 is 1.49. The van der Waals surface area contributed by atoms with Crippen molar-refractivity contribution in [2.45, 2.75) is 25.3 Å². The lowest BCUT2D eigenvalue weighted by molar-refractivity contribution is 0.467. The maximum absolute atomic E-state index is 13.7. The first-order chi connectivity index (χ1) is 9.73. The molecular weight excluding hydrogens is 311 g/mol. The minimum Gasteiger partial charge on any atom is -0.399 e. The van der Waals surface area contributed by atoms with Crippen molar-refractivity contribution in [3.05, 3.63) is 45.4 Å². The van der Waals surface area contributed by atoms with Gasteiger partial charge < -0.3 is 5.73 Å². The van der Waals surface area contributed by atoms with E-state index in [-0.39, 0.29) is 22.7 Å². The van der Waals surface area contributed by atoms with Crippen molar-refractivity contribution in [3.8, 4) is 0 Å². The number of aryl methyl sites for hydroxylation is 1. The third kappa shape index (κ3) is 3.09. The number of halogens is 1. The molecule has 4 nitrogen and oxygen atoms in total. The van der Waals surface area contributed by atoms with E-state index in [1.54, 1.807) is 0 Å². The van der Waals surface area contributed by atoms with E-state index in [0.29, 0.717) is 0 Å². The van der Waals surface area contributed by atoms with Gasteiger partial charge in [0.2, 0.25) is 10.0 Å². The molecule has 1 heterocycles. The lowest BCUT2D eigenvalue weighted by atomic mass is 10.2. The molecule has 21 heavy (non-hydrogen) atoms. The Morgan fingerprint density at radius 2 is 2.00 bits per heavy atom. The van der Waals surface area contributed by atoms with Gasteiger partial charge in [0, 0.05) is 29.7 Å². The average Bonchev–Trinajstić information content (AvgIpc) is 2.79. The highest BCUT2D eigenvalue weighted by Gasteiger charge is 2.25. The lowest BCUT2D eigenvalue weighted by Crippen LogP contribution is -2.27. The van der Waals surface area contributed by atoms with Gasteiger partial charge in [0.05, 0.1) is 4.90 Å². The van der Waals surface area contributed by atoms with Gasteiger partial charge >= 0.3 is 0 Å². The molecule has 0 bridgehead atoms. The van der Waals surface area contributed by atoms with E-state index in [1.165, 1.54) is 35.7 Å². The van der Waals surface area contributed by atoms with E-state index in [0.717, 1.165) is 16.5 Å². The largest absolute Gasteiger partial charge is 0.399 e. The van der Waals surface area contributed by atoms with Gasteiger partial charge in [-0.2, -0.15) is 4.31 Å². The van der Waals surface area contributed by atoms with Gasteiger partial charge in [-0.1, -0.05) is 0 Å². The quantitative estimate of drug-likeness (QED) is 0.878. The first-order valence-corrected chi connectivity index (χ1v) is 8.60. The van der Waals surface area contributed by atoms with Crippen molar-refractivity contribution in [2.24, 2.45) is 0 Å². The SMILES string of the molecule is Cc1ccsc1CN(C)S(=O)(=O)c1cc(N)cc(F)c1C. The molecule has 0 saturated heterocycles. The molecule has 0 fully saturated rings. The number of nitrogen functional groups attached to an aromatic ring is 1. The van der Waals surface area contributed by atoms with Gasteiger partial charge in [-0.3, -0.25) is 0 Å². The number of rotatable bonds is 4. The number of thiophene rings is 1. The van der Waals surface area contributed by atoms with Gasteiger partial charge in [0.15, 0.2) is 0 Å². The van der Waals surface area contributed by atoms with E-state index in [2.05, 4.69) is 0 Å². The molecule has 0 atom stereocenters. The minimum atomic E-state index is -3.79. The Kier molecular flexibility index (Phi) is 4.36. The second-order valence-electron chi connectivity index (χ2n) is 4.91. The van der Waals surface area contributed by atoms with Crippen molar-refractivity contribution in [2.75, 3.05) is 12.8 Å². The van der Waals surface area contributed by atoms with Gasteiger partial charge in [0.25, 0.3) is 0 Å². The molecule has 0 unspecified atom stereocenters. The van der Waals surface area contributed by atoms with Crippen molar-refractivity contribution in [1.29, 1.82) is 0 Å². The summed E-state index contributed by atoms with van der Waals surface area (Å²) in [5, 5.41) is 1.91. The van der Waals surface area contributed by atoms with Crippen molar-refractivity contribution >= 4 is 27.0 Å². The number of hydrogen-bond acceptors (Lipinski definition) is 4. The van der Waals surface area contributed by atoms with E-state index >= 15 is 0 Å². The van der Waals surface area contributed by atoms with Crippen LogP contribution in [-0.2, 0) is 16.6 Å². The fraction of sp³-hybridized carbons (Fsp3) is 0.286. The Hall–Kier alpha value is -1.44. The number of nitrogens with two attached hydrogens (primary N) is 1. The smallest absolute Gasteiger partial charge is 0.243 e. The summed E-state index contributed by atoms with van der Waals surface area (Å²) in [7, 11) is -2.31. The molecule has 1 aromatic heterocycles. The Morgan fingerprint density at radius 3 is 2.57 bits per heavy atom. The molecule has 0 saturated carbocycles. The van der Waals surface area contributed by atoms with Crippen LogP contribution in [0.5, 0.6) is 0 Å². The summed E-state index contributed by atoms with van der Waals surface area (Å²) in [6.45, 7) is 3.62. The zero-order valence-corrected chi connectivity index (χ0v) is 13.7. The van der Waals surface area contributed by atoms with Crippen LogP contribution in [0.15, 0.2) is 28.5 Å². The van der Waals surface area contributed by atoms with E-state index in [4.69, 9.17) is 5.73 Å². The molecule has 2 rings (SSSR count). The fourth-order valence-electron chi connectivity index (χ4n) is 1.96. The Morgan fingerprint density at radius 1 is 1.33 bits per heavy atom. The van der Waals surface area contributed by atoms with Gasteiger partial charge in [-0.05, 0) is 43.0 Å². The second kappa shape index (κ2) is 5.75. The first-order valence-electron chi connectivity index (χ1n) is 6.28. The molecule has 1 aromatic carbocycles. The van der Waals surface area contributed by atoms with Crippen LogP contribution in [0.1, 0.15) is 16.0 Å². The monoisotopic (exact) mass is 328 g/mol. The standard InChI is InChI=1S/C14H17FN2O2S2/c1-9-4-5-20-13(9)8-17(3)21(18,19)14-7-11(16)6-12(15)10(14)2/h4-7H,8,16H2,1-3H3. The number of anilines is 1. The van der Waals surface area contributed by atoms with Crippen LogP contribution in [0, 0.1) is 19.7 Å². The van der Waals surface area contributed by atoms with E-state index in [1.807, 2.05) is 18.4 Å². The van der Waals surface area contributed by atoms with Gasteiger partial charge in [-0.15, -0.1) is 11.3 Å². The van der Waals surface area contributed by atoms with Gasteiger partial charge in [0.1, 0.15) is 5.82 Å². The molecule has 2 N–H and O–H groups in total. The topological polar surface area (TPSA) is 63.4 Å². The highest BCUT2D eigenvalue weighted by atomic mass is 32.2. The maximum atomic E-state index is 13.7. The van der Waals surface area contributed by atoms with Crippen LogP contribution in [0.4, 0.5) is 10.1 Å². The van der Waals surface area contributed by atoms with Crippen LogP contribution >= 0.6 is 11.3 Å². The van der Waals surface area contributed by atoms with Crippen LogP contribution in [0.25, 0.3) is 0 Å². The summed E-state index contributed by atoms with van der Waals surface area (Å²) in [5.74, 6) is -0.616. The predicted octanol–water partition coefficient (Wildman–Crippen LogP) is 2.91. The molecule has 114 valence electrons. The average molecular weight is 328 g/mol. The van der Waals surface area contributed by atoms with Crippen LogP contribution in [0.2, 0.25) is 0 Å². The minimum absolute atomic E-state index is 0.0824. The molecular formula is C14H17FN2O2S2. The summed E-state index contributed by atoms with van der Waals surface area (Å²) in [5.41, 5.74) is 6.78. The fourth-order valence-corrected chi connectivity index (χ4v) is 4.41.